The number of hydrogen-bond donors (Lipinski definition) is 1. The van der Waals surface area contributed by atoms with Crippen LogP contribution in [0.25, 0.3) is 0 Å². The lowest BCUT2D eigenvalue weighted by atomic mass is 10.4. The summed E-state index contributed by atoms with van der Waals surface area (Å²) in [5, 5.41) is 0. The quantitative estimate of drug-likeness (QED) is 0.275. The van der Waals surface area contributed by atoms with Gasteiger partial charge in [-0.15, -0.1) is 0 Å². The second kappa shape index (κ2) is 4.88. The molecule has 0 aliphatic heterocycles. The number of amides is 2. The van der Waals surface area contributed by atoms with Crippen molar-refractivity contribution < 1.29 is 42.9 Å². The van der Waals surface area contributed by atoms with Gasteiger partial charge < -0.3 is 24.0 Å². The third-order valence-electron chi connectivity index (χ3n) is 1.26. The summed E-state index contributed by atoms with van der Waals surface area (Å²) in [7, 11) is 8.35. The number of nitrogens with zero attached hydrogens (tertiary/aromatic N) is 1. The molecule has 0 fully saturated rings. The summed E-state index contributed by atoms with van der Waals surface area (Å²) in [6.07, 6.45) is 0. The summed E-state index contributed by atoms with van der Waals surface area (Å²) in [5.74, 6) is -0.748. The second-order valence-electron chi connectivity index (χ2n) is 3.65. The molecule has 12 heavy (non-hydrogen) atoms. The number of rotatable bonds is 0. The van der Waals surface area contributed by atoms with Crippen molar-refractivity contribution in [3.05, 3.63) is 0 Å². The predicted octanol–water partition coefficient (Wildman–Crippen LogP) is -5.11. The lowest BCUT2D eigenvalue weighted by Gasteiger charge is -2.18. The van der Waals surface area contributed by atoms with Crippen molar-refractivity contribution in [3.63, 3.8) is 0 Å². The molecule has 0 aliphatic carbocycles. The normalized spacial score (nSPS) is 10.8. The lowest BCUT2D eigenvalue weighted by Crippen LogP contribution is -3.10. The minimum Gasteiger partial charge on any atom is -1.00 e. The molecule has 0 rings (SSSR count). The van der Waals surface area contributed by atoms with Crippen LogP contribution < -0.4 is 28.9 Å². The molecule has 0 aromatic rings. The van der Waals surface area contributed by atoms with E-state index < -0.39 is 0 Å². The molecular weight excluding hydrogens is 271 g/mol. The molecule has 5 heteroatoms. The zero-order valence-electron chi connectivity index (χ0n) is 8.14. The highest BCUT2D eigenvalue weighted by molar-refractivity contribution is 6.27. The van der Waals surface area contributed by atoms with Gasteiger partial charge in [-0.3, -0.25) is 9.38 Å². The highest BCUT2D eigenvalue weighted by Crippen LogP contribution is 1.89. The van der Waals surface area contributed by atoms with Gasteiger partial charge in [0.2, 0.25) is 0 Å². The maximum absolute atomic E-state index is 11.2. The van der Waals surface area contributed by atoms with Crippen LogP contribution in [0.4, 0.5) is 0 Å². The van der Waals surface area contributed by atoms with E-state index in [1.54, 1.807) is 35.2 Å². The molecule has 4 nitrogen and oxygen atoms in total. The third kappa shape index (κ3) is 4.13. The van der Waals surface area contributed by atoms with Crippen LogP contribution in [0.15, 0.2) is 0 Å². The van der Waals surface area contributed by atoms with Crippen molar-refractivity contribution >= 4 is 11.8 Å². The number of nitrogens with one attached hydrogen (secondary N) is 1. The van der Waals surface area contributed by atoms with Gasteiger partial charge in [0.1, 0.15) is 0 Å². The third-order valence-corrected chi connectivity index (χ3v) is 1.26. The Bertz CT molecular complexity index is 184. The minimum atomic E-state index is -0.377. The van der Waals surface area contributed by atoms with E-state index in [1.165, 1.54) is 0 Å². The van der Waals surface area contributed by atoms with Crippen LogP contribution in [0.5, 0.6) is 0 Å². The number of quaternary nitrogens is 2. The van der Waals surface area contributed by atoms with Crippen LogP contribution in [-0.4, -0.2) is 51.5 Å². The van der Waals surface area contributed by atoms with Gasteiger partial charge in [0, 0.05) is 0 Å². The van der Waals surface area contributed by atoms with E-state index in [1.807, 2.05) is 0 Å². The molecule has 0 bridgehead atoms. The van der Waals surface area contributed by atoms with Gasteiger partial charge in [-0.25, -0.2) is 9.59 Å². The summed E-state index contributed by atoms with van der Waals surface area (Å²) in [6, 6.07) is 0. The van der Waals surface area contributed by atoms with Gasteiger partial charge in [0.05, 0.1) is 35.2 Å². The Kier molecular flexibility index (Phi) is 5.90. The van der Waals surface area contributed by atoms with Gasteiger partial charge in [-0.1, -0.05) is 0 Å². The predicted molar refractivity (Wildman–Crippen MR) is 40.9 cm³/mol. The maximum Gasteiger partial charge on any atom is 0.442 e. The summed E-state index contributed by atoms with van der Waals surface area (Å²) in [4.78, 5) is 22.8. The van der Waals surface area contributed by atoms with E-state index in [2.05, 4.69) is 0 Å². The van der Waals surface area contributed by atoms with E-state index in [4.69, 9.17) is 0 Å². The van der Waals surface area contributed by atoms with E-state index in [0.29, 0.717) is 4.90 Å². The van der Waals surface area contributed by atoms with E-state index in [0.717, 1.165) is 0 Å². The molecule has 0 spiro atoms. The number of hydrogen-bond acceptors (Lipinski definition) is 2. The topological polar surface area (TPSA) is 38.6 Å². The monoisotopic (exact) mass is 287 g/mol. The Morgan fingerprint density at radius 3 is 1.50 bits per heavy atom. The van der Waals surface area contributed by atoms with Crippen molar-refractivity contribution in [2.75, 3.05) is 35.2 Å². The Morgan fingerprint density at radius 2 is 1.42 bits per heavy atom. The Labute approximate surface area is 90.1 Å². The van der Waals surface area contributed by atoms with Crippen LogP contribution in [0.2, 0.25) is 0 Å². The van der Waals surface area contributed by atoms with Gasteiger partial charge in [-0.05, 0) is 0 Å². The van der Waals surface area contributed by atoms with Gasteiger partial charge >= 0.3 is 11.8 Å². The zero-order valence-corrected chi connectivity index (χ0v) is 10.3. The Morgan fingerprint density at radius 1 is 1.08 bits per heavy atom. The molecule has 0 radical (unpaired) electrons. The standard InChI is InChI=1S/C7H15N2O2.HI/c1-8(2)6(10)7(11)9(3,4)5;/h1-5H3;1H/q+1;. The molecule has 0 atom stereocenters. The molecule has 1 N–H and O–H groups in total. The zero-order chi connectivity index (χ0) is 9.23. The summed E-state index contributed by atoms with van der Waals surface area (Å²) < 4.78 is 0.0595. The van der Waals surface area contributed by atoms with Crippen LogP contribution >= 0.6 is 0 Å². The van der Waals surface area contributed by atoms with E-state index >= 15 is 0 Å². The van der Waals surface area contributed by atoms with Crippen LogP contribution in [-0.2, 0) is 9.59 Å². The first-order valence-electron chi connectivity index (χ1n) is 3.47. The van der Waals surface area contributed by atoms with Crippen molar-refractivity contribution in [1.82, 2.24) is 0 Å². The first-order valence-corrected chi connectivity index (χ1v) is 3.47. The van der Waals surface area contributed by atoms with Crippen molar-refractivity contribution in [2.24, 2.45) is 0 Å². The highest BCUT2D eigenvalue weighted by atomic mass is 127. The van der Waals surface area contributed by atoms with Crippen molar-refractivity contribution in [1.29, 1.82) is 0 Å². The summed E-state index contributed by atoms with van der Waals surface area (Å²) in [5.41, 5.74) is 0. The van der Waals surface area contributed by atoms with Gasteiger partial charge in [0.15, 0.2) is 0 Å². The van der Waals surface area contributed by atoms with E-state index in [9.17, 15) is 9.59 Å². The molecule has 0 saturated carbocycles. The summed E-state index contributed by atoms with van der Waals surface area (Å²) in [6.45, 7) is 0. The van der Waals surface area contributed by atoms with Crippen LogP contribution in [0.1, 0.15) is 0 Å². The number of carbonyl (C=O) groups is 2. The Balaban J connectivity index is 0. The lowest BCUT2D eigenvalue weighted by molar-refractivity contribution is -0.810. The second-order valence-corrected chi connectivity index (χ2v) is 3.65. The average Bonchev–Trinajstić information content (AvgIpc) is 1.82. The molecule has 0 unspecified atom stereocenters. The van der Waals surface area contributed by atoms with Crippen molar-refractivity contribution in [2.45, 2.75) is 0 Å². The Hall–Kier alpha value is -0.0100. The molecule has 0 aliphatic rings. The highest BCUT2D eigenvalue weighted by Gasteiger charge is 2.34. The van der Waals surface area contributed by atoms with Gasteiger partial charge in [0.25, 0.3) is 0 Å². The molecule has 0 aromatic carbocycles. The number of halogens is 1. The largest absolute Gasteiger partial charge is 1.00 e. The summed E-state index contributed by atoms with van der Waals surface area (Å²) >= 11 is 0. The van der Waals surface area contributed by atoms with Crippen molar-refractivity contribution in [3.8, 4) is 0 Å². The SMILES string of the molecule is C[NH+](C)C(=O)C(=O)[N+](C)(C)C.[I-]. The number of likely N-dealkylation sites (N-methyl/N-ethyl adjacent to an activating group) is 2. The smallest absolute Gasteiger partial charge is 0.442 e. The maximum atomic E-state index is 11.2. The molecule has 0 saturated heterocycles. The molecule has 0 aromatic heterocycles. The first kappa shape index (κ1) is 14.5. The average molecular weight is 287 g/mol. The molecule has 0 heterocycles. The fraction of sp³-hybridized carbons (Fsp3) is 0.714. The minimum absolute atomic E-state index is 0. The first-order chi connectivity index (χ1) is 4.76. The van der Waals surface area contributed by atoms with E-state index in [-0.39, 0.29) is 40.3 Å². The molecule has 2 amide bonds. The number of carbonyl (C=O) groups excluding carboxylic acids is 2. The van der Waals surface area contributed by atoms with Crippen LogP contribution in [0, 0.1) is 0 Å². The fourth-order valence-electron chi connectivity index (χ4n) is 0.519. The van der Waals surface area contributed by atoms with Crippen LogP contribution in [0.3, 0.4) is 0 Å². The molecule has 72 valence electrons. The molecular formula is C7H16IN2O2+. The van der Waals surface area contributed by atoms with Gasteiger partial charge in [-0.2, -0.15) is 0 Å². The fourth-order valence-corrected chi connectivity index (χ4v) is 0.519.